The van der Waals surface area contributed by atoms with Crippen LogP contribution in [-0.4, -0.2) is 87.7 Å². The Morgan fingerprint density at radius 2 is 1.42 bits per heavy atom. The molecule has 176 valence electrons. The maximum Gasteiger partial charge on any atom is 0.327 e. The number of aliphatic carboxylic acids is 2. The molecule has 0 aromatic rings. The van der Waals surface area contributed by atoms with Gasteiger partial charge in [-0.25, -0.2) is 4.79 Å². The summed E-state index contributed by atoms with van der Waals surface area (Å²) in [6, 6.07) is -5.50. The number of carboxylic acid groups (broad SMARTS) is 2. The highest BCUT2D eigenvalue weighted by Crippen LogP contribution is 2.04. The largest absolute Gasteiger partial charge is 0.481 e. The third-order valence-electron chi connectivity index (χ3n) is 3.81. The van der Waals surface area contributed by atoms with Gasteiger partial charge in [-0.05, 0) is 18.4 Å². The first-order valence-electron chi connectivity index (χ1n) is 8.92. The number of thiol groups is 1. The zero-order valence-corrected chi connectivity index (χ0v) is 18.4. The second-order valence-corrected chi connectivity index (χ2v) is 7.71. The van der Waals surface area contributed by atoms with Gasteiger partial charge in [0.05, 0.1) is 18.9 Å². The molecule has 0 saturated heterocycles. The Hall–Kier alpha value is -2.52. The van der Waals surface area contributed by atoms with E-state index in [2.05, 4.69) is 28.6 Å². The number of carbonyl (C=O) groups excluding carboxylic acids is 4. The zero-order valence-electron chi connectivity index (χ0n) is 16.7. The van der Waals surface area contributed by atoms with E-state index in [4.69, 9.17) is 21.7 Å². The summed E-state index contributed by atoms with van der Waals surface area (Å²) in [6.45, 7) is 0. The molecule has 31 heavy (non-hydrogen) atoms. The molecule has 15 heteroatoms. The lowest BCUT2D eigenvalue weighted by Crippen LogP contribution is -2.58. The Kier molecular flexibility index (Phi) is 13.3. The Labute approximate surface area is 187 Å². The van der Waals surface area contributed by atoms with Gasteiger partial charge in [0.2, 0.25) is 23.6 Å². The van der Waals surface area contributed by atoms with Crippen molar-refractivity contribution in [2.24, 2.45) is 11.5 Å². The fourth-order valence-corrected chi connectivity index (χ4v) is 2.93. The molecule has 0 saturated carbocycles. The molecule has 0 heterocycles. The van der Waals surface area contributed by atoms with E-state index < -0.39 is 72.6 Å². The first-order chi connectivity index (χ1) is 14.4. The first-order valence-corrected chi connectivity index (χ1v) is 10.9. The van der Waals surface area contributed by atoms with Crippen LogP contribution in [-0.2, 0) is 28.8 Å². The molecule has 4 unspecified atom stereocenters. The number of nitrogens with one attached hydrogen (secondary N) is 3. The summed E-state index contributed by atoms with van der Waals surface area (Å²) in [4.78, 5) is 70.2. The van der Waals surface area contributed by atoms with Gasteiger partial charge in [-0.2, -0.15) is 24.4 Å². The highest BCUT2D eigenvalue weighted by molar-refractivity contribution is 7.98. The van der Waals surface area contributed by atoms with Crippen LogP contribution < -0.4 is 27.4 Å². The number of thioether (sulfide) groups is 1. The van der Waals surface area contributed by atoms with Crippen LogP contribution in [0.5, 0.6) is 0 Å². The molecule has 0 spiro atoms. The molecule has 0 rings (SSSR count). The third kappa shape index (κ3) is 11.4. The Morgan fingerprint density at radius 1 is 0.903 bits per heavy atom. The van der Waals surface area contributed by atoms with Crippen LogP contribution in [0, 0.1) is 0 Å². The second kappa shape index (κ2) is 14.5. The predicted molar refractivity (Wildman–Crippen MR) is 114 cm³/mol. The van der Waals surface area contributed by atoms with Crippen LogP contribution in [0.3, 0.4) is 0 Å². The van der Waals surface area contributed by atoms with Crippen molar-refractivity contribution >= 4 is 60.0 Å². The number of nitrogens with two attached hydrogens (primary N) is 2. The van der Waals surface area contributed by atoms with Crippen molar-refractivity contribution in [3.05, 3.63) is 0 Å². The maximum atomic E-state index is 12.6. The molecule has 4 amide bonds. The zero-order chi connectivity index (χ0) is 24.1. The standard InChI is InChI=1S/C16H27N5O8S2/c1-31-3-2-8(14(26)21-10(6-30)16(28)29)19-15(27)9(5-12(23)24)20-13(25)7(17)4-11(18)22/h7-10,30H,2-6,17H2,1H3,(H2,18,22)(H,19,27)(H,20,25)(H,21,26)(H,23,24)(H,28,29). The molecule has 13 nitrogen and oxygen atoms in total. The van der Waals surface area contributed by atoms with E-state index in [9.17, 15) is 28.8 Å². The van der Waals surface area contributed by atoms with Gasteiger partial charge in [0.15, 0.2) is 0 Å². The number of rotatable bonds is 15. The van der Waals surface area contributed by atoms with Crippen molar-refractivity contribution in [3.8, 4) is 0 Å². The number of carboxylic acids is 2. The number of hydrogen-bond acceptors (Lipinski definition) is 9. The highest BCUT2D eigenvalue weighted by Gasteiger charge is 2.31. The minimum absolute atomic E-state index is 0.104. The van der Waals surface area contributed by atoms with Crippen molar-refractivity contribution < 1.29 is 39.0 Å². The van der Waals surface area contributed by atoms with Gasteiger partial charge in [0.1, 0.15) is 18.1 Å². The quantitative estimate of drug-likeness (QED) is 0.110. The van der Waals surface area contributed by atoms with Crippen LogP contribution in [0.25, 0.3) is 0 Å². The maximum absolute atomic E-state index is 12.6. The SMILES string of the molecule is CSCCC(NC(=O)C(CC(=O)O)NC(=O)C(N)CC(N)=O)C(=O)NC(CS)C(=O)O. The topological polar surface area (TPSA) is 231 Å². The van der Waals surface area contributed by atoms with E-state index >= 15 is 0 Å². The summed E-state index contributed by atoms with van der Waals surface area (Å²) in [5.41, 5.74) is 10.4. The molecule has 9 N–H and O–H groups in total. The van der Waals surface area contributed by atoms with Crippen molar-refractivity contribution in [2.45, 2.75) is 43.4 Å². The molecule has 4 atom stereocenters. The van der Waals surface area contributed by atoms with E-state index in [-0.39, 0.29) is 12.2 Å². The molecule has 0 aliphatic rings. The summed E-state index contributed by atoms with van der Waals surface area (Å²) < 4.78 is 0. The molecule has 0 aliphatic heterocycles. The Balaban J connectivity index is 5.40. The lowest BCUT2D eigenvalue weighted by atomic mass is 10.1. The average molecular weight is 482 g/mol. The minimum atomic E-state index is -1.60. The normalized spacial score (nSPS) is 14.4. The summed E-state index contributed by atoms with van der Waals surface area (Å²) in [5, 5.41) is 24.7. The molecular weight excluding hydrogens is 454 g/mol. The van der Waals surface area contributed by atoms with E-state index in [0.29, 0.717) is 5.75 Å². The van der Waals surface area contributed by atoms with Crippen LogP contribution >= 0.6 is 24.4 Å². The summed E-state index contributed by atoms with van der Waals surface area (Å²) in [6.07, 6.45) is 0.503. The number of carbonyl (C=O) groups is 6. The van der Waals surface area contributed by atoms with Crippen molar-refractivity contribution in [1.29, 1.82) is 0 Å². The smallest absolute Gasteiger partial charge is 0.327 e. The molecule has 0 aliphatic carbocycles. The van der Waals surface area contributed by atoms with Crippen LogP contribution in [0.1, 0.15) is 19.3 Å². The Morgan fingerprint density at radius 3 is 1.87 bits per heavy atom. The molecule has 0 aromatic carbocycles. The van der Waals surface area contributed by atoms with E-state index in [1.54, 1.807) is 6.26 Å². The van der Waals surface area contributed by atoms with Crippen molar-refractivity contribution in [3.63, 3.8) is 0 Å². The van der Waals surface area contributed by atoms with Gasteiger partial charge in [-0.15, -0.1) is 0 Å². The summed E-state index contributed by atoms with van der Waals surface area (Å²) in [5.74, 6) is -6.18. The monoisotopic (exact) mass is 481 g/mol. The lowest BCUT2D eigenvalue weighted by Gasteiger charge is -2.24. The van der Waals surface area contributed by atoms with Gasteiger partial charge in [-0.3, -0.25) is 24.0 Å². The molecule has 0 fully saturated rings. The Bertz CT molecular complexity index is 693. The predicted octanol–water partition coefficient (Wildman–Crippen LogP) is -3.11. The van der Waals surface area contributed by atoms with E-state index in [1.807, 2.05) is 0 Å². The van der Waals surface area contributed by atoms with Crippen LogP contribution in [0.4, 0.5) is 0 Å². The first kappa shape index (κ1) is 28.5. The highest BCUT2D eigenvalue weighted by atomic mass is 32.2. The van der Waals surface area contributed by atoms with Crippen molar-refractivity contribution in [2.75, 3.05) is 17.8 Å². The molecule has 0 bridgehead atoms. The van der Waals surface area contributed by atoms with Crippen LogP contribution in [0.15, 0.2) is 0 Å². The minimum Gasteiger partial charge on any atom is -0.481 e. The van der Waals surface area contributed by atoms with E-state index in [1.165, 1.54) is 11.8 Å². The van der Waals surface area contributed by atoms with Gasteiger partial charge in [-0.1, -0.05) is 0 Å². The fourth-order valence-electron chi connectivity index (χ4n) is 2.21. The number of primary amides is 1. The number of amides is 4. The summed E-state index contributed by atoms with van der Waals surface area (Å²) >= 11 is 5.20. The molecular formula is C16H27N5O8S2. The molecule has 0 radical (unpaired) electrons. The second-order valence-electron chi connectivity index (χ2n) is 6.36. The van der Waals surface area contributed by atoms with E-state index in [0.717, 1.165) is 0 Å². The molecule has 0 aromatic heterocycles. The average Bonchev–Trinajstić information content (AvgIpc) is 2.66. The van der Waals surface area contributed by atoms with Gasteiger partial charge in [0.25, 0.3) is 0 Å². The third-order valence-corrected chi connectivity index (χ3v) is 4.82. The van der Waals surface area contributed by atoms with Gasteiger partial charge in [0, 0.05) is 5.75 Å². The lowest BCUT2D eigenvalue weighted by molar-refractivity contribution is -0.142. The number of hydrogen-bond donors (Lipinski definition) is 8. The fraction of sp³-hybridized carbons (Fsp3) is 0.625. The van der Waals surface area contributed by atoms with Crippen LogP contribution in [0.2, 0.25) is 0 Å². The summed E-state index contributed by atoms with van der Waals surface area (Å²) in [7, 11) is 0. The van der Waals surface area contributed by atoms with Crippen molar-refractivity contribution in [1.82, 2.24) is 16.0 Å². The van der Waals surface area contributed by atoms with Gasteiger partial charge >= 0.3 is 11.9 Å². The van der Waals surface area contributed by atoms with Gasteiger partial charge < -0.3 is 37.6 Å².